The average molecular weight is 546 g/mol. The Balaban J connectivity index is 5.54. The third-order valence-electron chi connectivity index (χ3n) is 5.19. The van der Waals surface area contributed by atoms with Crippen LogP contribution in [0, 0.1) is 5.92 Å². The van der Waals surface area contributed by atoms with Gasteiger partial charge in [0, 0.05) is 19.4 Å². The van der Waals surface area contributed by atoms with Crippen molar-refractivity contribution in [1.29, 1.82) is 0 Å². The molecule has 0 saturated carbocycles. The second kappa shape index (κ2) is 17.5. The van der Waals surface area contributed by atoms with Gasteiger partial charge in [-0.25, -0.2) is 4.79 Å². The highest BCUT2D eigenvalue weighted by atomic mass is 16.4. The van der Waals surface area contributed by atoms with Gasteiger partial charge < -0.3 is 48.5 Å². The van der Waals surface area contributed by atoms with Crippen molar-refractivity contribution in [2.45, 2.75) is 83.0 Å². The van der Waals surface area contributed by atoms with Gasteiger partial charge in [0.25, 0.3) is 0 Å². The maximum atomic E-state index is 13.0. The lowest BCUT2D eigenvalue weighted by atomic mass is 10.0. The molecule has 216 valence electrons. The number of aliphatic imine (C=N–C) groups is 1. The molecule has 0 radical (unpaired) electrons. The molecule has 0 bridgehead atoms. The summed E-state index contributed by atoms with van der Waals surface area (Å²) in [6, 6.07) is -5.16. The number of nitrogens with zero attached hydrogens (tertiary/aromatic N) is 1. The summed E-state index contributed by atoms with van der Waals surface area (Å²) in [5.41, 5.74) is 16.1. The predicted octanol–water partition coefficient (Wildman–Crippen LogP) is -2.32. The van der Waals surface area contributed by atoms with Gasteiger partial charge in [-0.2, -0.15) is 0 Å². The van der Waals surface area contributed by atoms with Crippen LogP contribution in [0.4, 0.5) is 0 Å². The molecule has 0 spiro atoms. The molecule has 0 aromatic rings. The molecule has 0 heterocycles. The summed E-state index contributed by atoms with van der Waals surface area (Å²) in [5, 5.41) is 34.4. The topological polar surface area (TPSA) is 290 Å². The zero-order chi connectivity index (χ0) is 29.4. The first kappa shape index (κ1) is 34.0. The van der Waals surface area contributed by atoms with Crippen LogP contribution in [-0.4, -0.2) is 87.6 Å². The van der Waals surface area contributed by atoms with Crippen molar-refractivity contribution in [1.82, 2.24) is 16.0 Å². The van der Waals surface area contributed by atoms with Crippen molar-refractivity contribution < 1.29 is 44.1 Å². The van der Waals surface area contributed by atoms with Gasteiger partial charge in [-0.05, 0) is 38.0 Å². The molecule has 3 amide bonds. The lowest BCUT2D eigenvalue weighted by Gasteiger charge is -2.26. The maximum Gasteiger partial charge on any atom is 0.326 e. The highest BCUT2D eigenvalue weighted by Gasteiger charge is 2.31. The first-order valence-corrected chi connectivity index (χ1v) is 12.0. The highest BCUT2D eigenvalue weighted by molar-refractivity contribution is 5.94. The molecule has 16 nitrogen and oxygen atoms in total. The van der Waals surface area contributed by atoms with E-state index in [0.717, 1.165) is 0 Å². The number of aliphatic carboxylic acids is 3. The molecule has 12 N–H and O–H groups in total. The zero-order valence-electron chi connectivity index (χ0n) is 21.5. The Morgan fingerprint density at radius 3 is 1.74 bits per heavy atom. The van der Waals surface area contributed by atoms with Crippen LogP contribution in [0.2, 0.25) is 0 Å². The number of carbonyl (C=O) groups is 6. The first-order chi connectivity index (χ1) is 17.6. The number of amides is 3. The van der Waals surface area contributed by atoms with E-state index in [-0.39, 0.29) is 56.9 Å². The third-order valence-corrected chi connectivity index (χ3v) is 5.19. The Morgan fingerprint density at radius 2 is 1.24 bits per heavy atom. The Kier molecular flexibility index (Phi) is 15.7. The fourth-order valence-corrected chi connectivity index (χ4v) is 3.23. The van der Waals surface area contributed by atoms with Crippen LogP contribution in [0.25, 0.3) is 0 Å². The predicted molar refractivity (Wildman–Crippen MR) is 135 cm³/mol. The number of hydrogen-bond donors (Lipinski definition) is 9. The normalized spacial score (nSPS) is 13.9. The SMILES string of the molecule is CC(C)CC(NC(=O)C(N)CCC(=O)O)C(=O)NC(CCC(=O)O)C(=O)NC(CCCN=C(N)N)C(=O)O. The Morgan fingerprint density at radius 1 is 0.737 bits per heavy atom. The van der Waals surface area contributed by atoms with Crippen LogP contribution in [0.1, 0.15) is 58.8 Å². The summed E-state index contributed by atoms with van der Waals surface area (Å²) in [4.78, 5) is 75.5. The number of rotatable bonds is 19. The molecule has 0 aliphatic rings. The molecule has 0 aromatic heterocycles. The lowest BCUT2D eigenvalue weighted by Crippen LogP contribution is -2.57. The molecule has 0 aromatic carbocycles. The lowest BCUT2D eigenvalue weighted by molar-refractivity contribution is -0.143. The van der Waals surface area contributed by atoms with E-state index >= 15 is 0 Å². The van der Waals surface area contributed by atoms with E-state index in [9.17, 15) is 33.9 Å². The number of carboxylic acid groups (broad SMARTS) is 3. The van der Waals surface area contributed by atoms with Gasteiger partial charge >= 0.3 is 17.9 Å². The molecule has 38 heavy (non-hydrogen) atoms. The molecular formula is C22H39N7O9. The summed E-state index contributed by atoms with van der Waals surface area (Å²) in [7, 11) is 0. The second-order valence-corrected chi connectivity index (χ2v) is 9.07. The van der Waals surface area contributed by atoms with Crippen LogP contribution >= 0.6 is 0 Å². The molecular weight excluding hydrogens is 506 g/mol. The van der Waals surface area contributed by atoms with E-state index in [2.05, 4.69) is 20.9 Å². The highest BCUT2D eigenvalue weighted by Crippen LogP contribution is 2.09. The van der Waals surface area contributed by atoms with Crippen molar-refractivity contribution in [2.24, 2.45) is 28.1 Å². The second-order valence-electron chi connectivity index (χ2n) is 9.07. The Hall–Kier alpha value is -3.95. The zero-order valence-corrected chi connectivity index (χ0v) is 21.5. The Labute approximate surface area is 219 Å². The van der Waals surface area contributed by atoms with Gasteiger partial charge in [0.1, 0.15) is 18.1 Å². The molecule has 16 heteroatoms. The van der Waals surface area contributed by atoms with Gasteiger partial charge in [0.2, 0.25) is 17.7 Å². The molecule has 0 rings (SSSR count). The van der Waals surface area contributed by atoms with Crippen LogP contribution in [0.15, 0.2) is 4.99 Å². The van der Waals surface area contributed by atoms with E-state index < -0.39 is 66.2 Å². The number of nitrogens with two attached hydrogens (primary N) is 3. The smallest absolute Gasteiger partial charge is 0.326 e. The van der Waals surface area contributed by atoms with Gasteiger partial charge in [-0.15, -0.1) is 0 Å². The largest absolute Gasteiger partial charge is 0.481 e. The van der Waals surface area contributed by atoms with Gasteiger partial charge in [0.05, 0.1) is 6.04 Å². The minimum atomic E-state index is -1.43. The number of carboxylic acids is 3. The average Bonchev–Trinajstić information content (AvgIpc) is 2.80. The van der Waals surface area contributed by atoms with Crippen LogP contribution < -0.4 is 33.2 Å². The molecule has 4 unspecified atom stereocenters. The molecule has 0 aliphatic carbocycles. The monoisotopic (exact) mass is 545 g/mol. The van der Waals surface area contributed by atoms with Crippen molar-refractivity contribution in [3.63, 3.8) is 0 Å². The molecule has 0 saturated heterocycles. The minimum absolute atomic E-state index is 0.0439. The van der Waals surface area contributed by atoms with Crippen LogP contribution in [-0.2, 0) is 28.8 Å². The third kappa shape index (κ3) is 15.2. The summed E-state index contributed by atoms with van der Waals surface area (Å²) in [6.45, 7) is 3.66. The van der Waals surface area contributed by atoms with Crippen LogP contribution in [0.5, 0.6) is 0 Å². The van der Waals surface area contributed by atoms with E-state index in [4.69, 9.17) is 27.4 Å². The maximum absolute atomic E-state index is 13.0. The van der Waals surface area contributed by atoms with Gasteiger partial charge in [-0.1, -0.05) is 13.8 Å². The molecule has 4 atom stereocenters. The minimum Gasteiger partial charge on any atom is -0.481 e. The number of nitrogens with one attached hydrogen (secondary N) is 3. The molecule has 0 aliphatic heterocycles. The van der Waals surface area contributed by atoms with Crippen molar-refractivity contribution >= 4 is 41.6 Å². The van der Waals surface area contributed by atoms with Gasteiger partial charge in [0.15, 0.2) is 5.96 Å². The van der Waals surface area contributed by atoms with Crippen molar-refractivity contribution in [3.05, 3.63) is 0 Å². The fourth-order valence-electron chi connectivity index (χ4n) is 3.23. The quantitative estimate of drug-likeness (QED) is 0.0469. The summed E-state index contributed by atoms with van der Waals surface area (Å²) in [5.74, 6) is -6.55. The van der Waals surface area contributed by atoms with E-state index in [1.807, 2.05) is 0 Å². The molecule has 0 fully saturated rings. The summed E-state index contributed by atoms with van der Waals surface area (Å²) in [6.07, 6.45) is -1.09. The van der Waals surface area contributed by atoms with Crippen molar-refractivity contribution in [2.75, 3.05) is 6.54 Å². The fraction of sp³-hybridized carbons (Fsp3) is 0.682. The number of carbonyl (C=O) groups excluding carboxylic acids is 3. The van der Waals surface area contributed by atoms with E-state index in [1.165, 1.54) is 0 Å². The Bertz CT molecular complexity index is 875. The first-order valence-electron chi connectivity index (χ1n) is 12.0. The van der Waals surface area contributed by atoms with Crippen molar-refractivity contribution in [3.8, 4) is 0 Å². The van der Waals surface area contributed by atoms with E-state index in [1.54, 1.807) is 13.8 Å². The van der Waals surface area contributed by atoms with E-state index in [0.29, 0.717) is 0 Å². The standard InChI is InChI=1S/C22H39N7O9/c1-11(2)10-15(29-18(34)12(23)5-7-16(30)31)20(36)27-13(6-8-17(32)33)19(35)28-14(21(37)38)4-3-9-26-22(24)25/h11-15H,3-10,23H2,1-2H3,(H,27,36)(H,28,35)(H,29,34)(H,30,31)(H,32,33)(H,37,38)(H4,24,25,26). The van der Waals surface area contributed by atoms with Crippen LogP contribution in [0.3, 0.4) is 0 Å². The van der Waals surface area contributed by atoms with Gasteiger partial charge in [-0.3, -0.25) is 29.0 Å². The summed E-state index contributed by atoms with van der Waals surface area (Å²) >= 11 is 0. The summed E-state index contributed by atoms with van der Waals surface area (Å²) < 4.78 is 0. The number of hydrogen-bond acceptors (Lipinski definition) is 8. The number of guanidine groups is 1.